The first-order chi connectivity index (χ1) is 15.3. The summed E-state index contributed by atoms with van der Waals surface area (Å²) in [5, 5.41) is 32.2. The highest BCUT2D eigenvalue weighted by molar-refractivity contribution is 7.81. The van der Waals surface area contributed by atoms with E-state index < -0.39 is 57.7 Å². The predicted octanol–water partition coefficient (Wildman–Crippen LogP) is 0.114. The lowest BCUT2D eigenvalue weighted by atomic mass is 10.0. The van der Waals surface area contributed by atoms with Gasteiger partial charge in [-0.15, -0.1) is 0 Å². The quantitative estimate of drug-likeness (QED) is 0.0925. The van der Waals surface area contributed by atoms with Crippen LogP contribution >= 0.6 is 0 Å². The standard InChI is InChI=1S/C18H37NO12S2/c1-2-3-4-5-6-7-8-9-10-11-12-19-18(23)17(22)16(21)15(20)14(31-33(27,28)29)13-30-32(24,25)26/h14-17,20-22H,2-13H2,1H3,(H,19,23)(H,24,25,26)(H,27,28,29)/t14-,15-,16-,17-/m1/s1. The van der Waals surface area contributed by atoms with Crippen molar-refractivity contribution in [3.63, 3.8) is 0 Å². The maximum Gasteiger partial charge on any atom is 0.397 e. The molecule has 0 unspecified atom stereocenters. The van der Waals surface area contributed by atoms with Gasteiger partial charge in [-0.3, -0.25) is 13.9 Å². The second-order valence-corrected chi connectivity index (χ2v) is 9.81. The lowest BCUT2D eigenvalue weighted by Crippen LogP contribution is -2.53. The molecule has 0 aliphatic rings. The molecule has 0 heterocycles. The second-order valence-electron chi connectivity index (χ2n) is 7.67. The van der Waals surface area contributed by atoms with E-state index in [-0.39, 0.29) is 6.54 Å². The molecule has 13 nitrogen and oxygen atoms in total. The lowest BCUT2D eigenvalue weighted by Gasteiger charge is -2.27. The molecule has 0 aliphatic carbocycles. The molecule has 0 radical (unpaired) electrons. The minimum absolute atomic E-state index is 0.187. The van der Waals surface area contributed by atoms with Crippen molar-refractivity contribution < 1.29 is 54.4 Å². The molecule has 15 heteroatoms. The molecule has 33 heavy (non-hydrogen) atoms. The van der Waals surface area contributed by atoms with Crippen LogP contribution in [0.3, 0.4) is 0 Å². The summed E-state index contributed by atoms with van der Waals surface area (Å²) in [4.78, 5) is 12.0. The SMILES string of the molecule is CCCCCCCCCCCCNC(=O)[C@H](O)[C@H](O)[C@H](O)[C@@H](COS(=O)(=O)O)OS(=O)(=O)O. The monoisotopic (exact) mass is 523 g/mol. The predicted molar refractivity (Wildman–Crippen MR) is 117 cm³/mol. The molecule has 6 N–H and O–H groups in total. The first-order valence-corrected chi connectivity index (χ1v) is 13.6. The number of carbonyl (C=O) groups is 1. The summed E-state index contributed by atoms with van der Waals surface area (Å²) in [6.45, 7) is 0.994. The Balaban J connectivity index is 4.40. The second kappa shape index (κ2) is 16.7. The van der Waals surface area contributed by atoms with Crippen molar-refractivity contribution in [2.45, 2.75) is 95.5 Å². The molecule has 0 aromatic heterocycles. The smallest absolute Gasteiger partial charge is 0.387 e. The first kappa shape index (κ1) is 32.1. The van der Waals surface area contributed by atoms with Gasteiger partial charge in [0.05, 0.1) is 6.61 Å². The number of hydrogen-bond donors (Lipinski definition) is 6. The van der Waals surface area contributed by atoms with E-state index >= 15 is 0 Å². The van der Waals surface area contributed by atoms with Crippen LogP contribution in [0.15, 0.2) is 0 Å². The van der Waals surface area contributed by atoms with Crippen molar-refractivity contribution in [1.29, 1.82) is 0 Å². The molecule has 0 bridgehead atoms. The number of rotatable bonds is 20. The molecule has 0 saturated carbocycles. The molecule has 0 fully saturated rings. The van der Waals surface area contributed by atoms with Crippen LogP contribution in [-0.2, 0) is 34.0 Å². The first-order valence-electron chi connectivity index (χ1n) is 10.9. The summed E-state index contributed by atoms with van der Waals surface area (Å²) in [6, 6.07) is 0. The number of nitrogens with one attached hydrogen (secondary N) is 1. The summed E-state index contributed by atoms with van der Waals surface area (Å²) < 4.78 is 68.1. The third kappa shape index (κ3) is 17.2. The van der Waals surface area contributed by atoms with Crippen molar-refractivity contribution in [2.75, 3.05) is 13.2 Å². The molecular formula is C18H37NO12S2. The topological polar surface area (TPSA) is 217 Å². The minimum Gasteiger partial charge on any atom is -0.387 e. The molecule has 198 valence electrons. The zero-order chi connectivity index (χ0) is 25.5. The molecule has 0 spiro atoms. The Labute approximate surface area is 195 Å². The van der Waals surface area contributed by atoms with E-state index in [9.17, 15) is 36.9 Å². The maximum atomic E-state index is 12.0. The number of aliphatic hydroxyl groups is 3. The van der Waals surface area contributed by atoms with Gasteiger partial charge in [0.15, 0.2) is 6.10 Å². The van der Waals surface area contributed by atoms with Crippen molar-refractivity contribution in [1.82, 2.24) is 5.32 Å². The van der Waals surface area contributed by atoms with Crippen LogP contribution in [0, 0.1) is 0 Å². The van der Waals surface area contributed by atoms with Gasteiger partial charge < -0.3 is 20.6 Å². The van der Waals surface area contributed by atoms with Crippen LogP contribution in [0.1, 0.15) is 71.1 Å². The molecule has 4 atom stereocenters. The average molecular weight is 524 g/mol. The van der Waals surface area contributed by atoms with Crippen LogP contribution in [0.5, 0.6) is 0 Å². The lowest BCUT2D eigenvalue weighted by molar-refractivity contribution is -0.146. The van der Waals surface area contributed by atoms with E-state index in [4.69, 9.17) is 9.11 Å². The summed E-state index contributed by atoms with van der Waals surface area (Å²) in [6.07, 6.45) is 1.55. The number of hydrogen-bond acceptors (Lipinski definition) is 10. The third-order valence-corrected chi connectivity index (χ3v) is 5.70. The summed E-state index contributed by atoms with van der Waals surface area (Å²) >= 11 is 0. The maximum absolute atomic E-state index is 12.0. The molecule has 0 rings (SSSR count). The van der Waals surface area contributed by atoms with E-state index in [1.165, 1.54) is 32.1 Å². The Kier molecular flexibility index (Phi) is 16.2. The highest BCUT2D eigenvalue weighted by Crippen LogP contribution is 2.13. The van der Waals surface area contributed by atoms with Gasteiger partial charge in [-0.25, -0.2) is 8.37 Å². The Hall–Kier alpha value is -0.910. The van der Waals surface area contributed by atoms with E-state index in [1.807, 2.05) is 0 Å². The highest BCUT2D eigenvalue weighted by Gasteiger charge is 2.38. The summed E-state index contributed by atoms with van der Waals surface area (Å²) in [5.74, 6) is -1.07. The van der Waals surface area contributed by atoms with E-state index in [1.54, 1.807) is 0 Å². The van der Waals surface area contributed by atoms with E-state index in [0.29, 0.717) is 6.42 Å². The van der Waals surface area contributed by atoms with Crippen LogP contribution in [0.4, 0.5) is 0 Å². The number of aliphatic hydroxyl groups excluding tert-OH is 3. The van der Waals surface area contributed by atoms with Crippen LogP contribution in [0.2, 0.25) is 0 Å². The fourth-order valence-electron chi connectivity index (χ4n) is 2.98. The summed E-state index contributed by atoms with van der Waals surface area (Å²) in [7, 11) is -10.3. The Morgan fingerprint density at radius 1 is 0.788 bits per heavy atom. The van der Waals surface area contributed by atoms with Crippen molar-refractivity contribution in [3.05, 3.63) is 0 Å². The Bertz CT molecular complexity index is 744. The van der Waals surface area contributed by atoms with Crippen molar-refractivity contribution in [3.8, 4) is 0 Å². The average Bonchev–Trinajstić information content (AvgIpc) is 2.71. The molecular weight excluding hydrogens is 486 g/mol. The zero-order valence-electron chi connectivity index (χ0n) is 18.7. The summed E-state index contributed by atoms with van der Waals surface area (Å²) in [5.41, 5.74) is 0. The zero-order valence-corrected chi connectivity index (χ0v) is 20.3. The third-order valence-electron chi connectivity index (χ3n) is 4.78. The normalized spacial score (nSPS) is 16.2. The molecule has 1 amide bonds. The van der Waals surface area contributed by atoms with Crippen molar-refractivity contribution in [2.24, 2.45) is 0 Å². The van der Waals surface area contributed by atoms with Crippen molar-refractivity contribution >= 4 is 26.7 Å². The van der Waals surface area contributed by atoms with Gasteiger partial charge in [0, 0.05) is 6.54 Å². The number of unbranched alkanes of at least 4 members (excludes halogenated alkanes) is 9. The van der Waals surface area contributed by atoms with Gasteiger partial charge in [-0.2, -0.15) is 16.8 Å². The van der Waals surface area contributed by atoms with Gasteiger partial charge in [0.25, 0.3) is 5.91 Å². The molecule has 0 aliphatic heterocycles. The largest absolute Gasteiger partial charge is 0.397 e. The van der Waals surface area contributed by atoms with Gasteiger partial charge in [0.2, 0.25) is 0 Å². The molecule has 0 aromatic rings. The minimum atomic E-state index is -5.26. The van der Waals surface area contributed by atoms with Crippen LogP contribution < -0.4 is 5.32 Å². The van der Waals surface area contributed by atoms with Gasteiger partial charge in [-0.05, 0) is 6.42 Å². The fourth-order valence-corrected chi connectivity index (χ4v) is 3.77. The highest BCUT2D eigenvalue weighted by atomic mass is 32.3. The fraction of sp³-hybridized carbons (Fsp3) is 0.944. The number of carbonyl (C=O) groups excluding carboxylic acids is 1. The van der Waals surface area contributed by atoms with Gasteiger partial charge in [-0.1, -0.05) is 64.7 Å². The Morgan fingerprint density at radius 3 is 1.73 bits per heavy atom. The van der Waals surface area contributed by atoms with Crippen LogP contribution in [-0.4, -0.2) is 84.7 Å². The Morgan fingerprint density at radius 2 is 1.27 bits per heavy atom. The van der Waals surface area contributed by atoms with Crippen LogP contribution in [0.25, 0.3) is 0 Å². The number of amides is 1. The van der Waals surface area contributed by atoms with E-state index in [0.717, 1.165) is 25.7 Å². The molecule has 0 aromatic carbocycles. The van der Waals surface area contributed by atoms with E-state index in [2.05, 4.69) is 20.6 Å². The van der Waals surface area contributed by atoms with Gasteiger partial charge in [0.1, 0.15) is 18.3 Å². The molecule has 0 saturated heterocycles. The van der Waals surface area contributed by atoms with Gasteiger partial charge >= 0.3 is 20.8 Å².